The molecule has 3 rings (SSSR count). The van der Waals surface area contributed by atoms with Crippen LogP contribution in [0.15, 0.2) is 35.3 Å². The van der Waals surface area contributed by atoms with Crippen molar-refractivity contribution in [2.75, 3.05) is 11.9 Å². The number of amides is 1. The lowest BCUT2D eigenvalue weighted by molar-refractivity contribution is -0.192. The molecule has 1 amide bonds. The van der Waals surface area contributed by atoms with Gasteiger partial charge in [-0.2, -0.15) is 13.2 Å². The first-order valence-electron chi connectivity index (χ1n) is 7.98. The molecule has 1 saturated carbocycles. The average molecular weight is 385 g/mol. The van der Waals surface area contributed by atoms with Crippen molar-refractivity contribution in [2.24, 2.45) is 11.1 Å². The third kappa shape index (κ3) is 5.55. The Morgan fingerprint density at radius 2 is 1.89 bits per heavy atom. The van der Waals surface area contributed by atoms with E-state index in [2.05, 4.69) is 10.3 Å². The number of hydrogen-bond acceptors (Lipinski definition) is 4. The number of aliphatic carboxylic acids is 1. The number of hydrogen-bond donors (Lipinski definition) is 4. The molecule has 1 aromatic carbocycles. The van der Waals surface area contributed by atoms with E-state index >= 15 is 0 Å². The molecule has 1 heterocycles. The van der Waals surface area contributed by atoms with Gasteiger partial charge in [-0.05, 0) is 54.5 Å². The van der Waals surface area contributed by atoms with Crippen LogP contribution in [0.5, 0.6) is 0 Å². The van der Waals surface area contributed by atoms with Crippen LogP contribution in [0.25, 0.3) is 10.8 Å². The Kier molecular flexibility index (Phi) is 5.89. The highest BCUT2D eigenvalue weighted by molar-refractivity contribution is 5.94. The fourth-order valence-corrected chi connectivity index (χ4v) is 2.45. The van der Waals surface area contributed by atoms with E-state index in [1.54, 1.807) is 18.3 Å². The SMILES string of the molecule is NCC1(CC(=O)Nc2ccc3c(=O)[nH]ccc3c2)CC1.O=C(O)C(F)(F)F. The number of benzene rings is 1. The number of nitrogens with two attached hydrogens (primary N) is 1. The summed E-state index contributed by atoms with van der Waals surface area (Å²) in [6, 6.07) is 7.09. The first kappa shape index (κ1) is 20.4. The third-order valence-electron chi connectivity index (χ3n) is 4.23. The van der Waals surface area contributed by atoms with E-state index in [-0.39, 0.29) is 16.9 Å². The highest BCUT2D eigenvalue weighted by Gasteiger charge is 2.42. The number of pyridine rings is 1. The summed E-state index contributed by atoms with van der Waals surface area (Å²) in [7, 11) is 0. The van der Waals surface area contributed by atoms with Gasteiger partial charge in [0.25, 0.3) is 5.56 Å². The number of aromatic nitrogens is 1. The maximum absolute atomic E-state index is 12.0. The number of anilines is 1. The predicted octanol–water partition coefficient (Wildman–Crippen LogP) is 2.23. The number of alkyl halides is 3. The zero-order valence-electron chi connectivity index (χ0n) is 14.1. The fourth-order valence-electron chi connectivity index (χ4n) is 2.45. The number of nitrogens with one attached hydrogen (secondary N) is 2. The molecular formula is C17H18F3N3O4. The molecule has 0 radical (unpaired) electrons. The second kappa shape index (κ2) is 7.78. The molecule has 27 heavy (non-hydrogen) atoms. The smallest absolute Gasteiger partial charge is 0.475 e. The quantitative estimate of drug-likeness (QED) is 0.642. The molecular weight excluding hydrogens is 367 g/mol. The second-order valence-corrected chi connectivity index (χ2v) is 6.34. The summed E-state index contributed by atoms with van der Waals surface area (Å²) >= 11 is 0. The zero-order chi connectivity index (χ0) is 20.2. The summed E-state index contributed by atoms with van der Waals surface area (Å²) in [5.41, 5.74) is 6.29. The molecule has 1 aliphatic rings. The number of carboxylic acids is 1. The van der Waals surface area contributed by atoms with Gasteiger partial charge >= 0.3 is 12.1 Å². The van der Waals surface area contributed by atoms with Crippen molar-refractivity contribution in [1.82, 2.24) is 4.98 Å². The molecule has 10 heteroatoms. The molecule has 0 atom stereocenters. The average Bonchev–Trinajstić information content (AvgIpc) is 3.34. The molecule has 0 unspecified atom stereocenters. The Morgan fingerprint density at radius 3 is 2.41 bits per heavy atom. The van der Waals surface area contributed by atoms with Gasteiger partial charge in [-0.15, -0.1) is 0 Å². The van der Waals surface area contributed by atoms with Crippen molar-refractivity contribution >= 4 is 28.3 Å². The minimum Gasteiger partial charge on any atom is -0.475 e. The van der Waals surface area contributed by atoms with Crippen molar-refractivity contribution in [3.05, 3.63) is 40.8 Å². The Labute approximate surface area is 151 Å². The van der Waals surface area contributed by atoms with Gasteiger partial charge in [0.15, 0.2) is 0 Å². The Morgan fingerprint density at radius 1 is 1.26 bits per heavy atom. The summed E-state index contributed by atoms with van der Waals surface area (Å²) < 4.78 is 31.7. The molecule has 0 bridgehead atoms. The zero-order valence-corrected chi connectivity index (χ0v) is 14.1. The van der Waals surface area contributed by atoms with Crippen molar-refractivity contribution in [3.8, 4) is 0 Å². The molecule has 1 fully saturated rings. The van der Waals surface area contributed by atoms with Crippen LogP contribution in [0.1, 0.15) is 19.3 Å². The molecule has 1 aromatic heterocycles. The van der Waals surface area contributed by atoms with Gasteiger partial charge < -0.3 is 21.1 Å². The minimum absolute atomic E-state index is 0.0165. The van der Waals surface area contributed by atoms with Crippen molar-refractivity contribution in [3.63, 3.8) is 0 Å². The van der Waals surface area contributed by atoms with E-state index in [4.69, 9.17) is 15.6 Å². The lowest BCUT2D eigenvalue weighted by Crippen LogP contribution is -2.23. The van der Waals surface area contributed by atoms with Gasteiger partial charge in [0.1, 0.15) is 0 Å². The van der Waals surface area contributed by atoms with Crippen LogP contribution in [0.3, 0.4) is 0 Å². The van der Waals surface area contributed by atoms with Gasteiger partial charge in [-0.3, -0.25) is 9.59 Å². The van der Waals surface area contributed by atoms with Gasteiger partial charge in [-0.1, -0.05) is 0 Å². The Bertz CT molecular complexity index is 904. The topological polar surface area (TPSA) is 125 Å². The van der Waals surface area contributed by atoms with Crippen LogP contribution in [0.4, 0.5) is 18.9 Å². The molecule has 7 nitrogen and oxygen atoms in total. The van der Waals surface area contributed by atoms with Crippen molar-refractivity contribution < 1.29 is 27.9 Å². The fraction of sp³-hybridized carbons (Fsp3) is 0.353. The molecule has 2 aromatic rings. The molecule has 1 aliphatic carbocycles. The monoisotopic (exact) mass is 385 g/mol. The molecule has 5 N–H and O–H groups in total. The van der Waals surface area contributed by atoms with Crippen LogP contribution in [-0.2, 0) is 9.59 Å². The second-order valence-electron chi connectivity index (χ2n) is 6.34. The van der Waals surface area contributed by atoms with E-state index < -0.39 is 12.1 Å². The minimum atomic E-state index is -5.08. The van der Waals surface area contributed by atoms with Crippen molar-refractivity contribution in [2.45, 2.75) is 25.4 Å². The summed E-state index contributed by atoms with van der Waals surface area (Å²) in [6.07, 6.45) is -0.950. The van der Waals surface area contributed by atoms with Gasteiger partial charge in [0.2, 0.25) is 5.91 Å². The molecule has 0 aliphatic heterocycles. The first-order valence-corrected chi connectivity index (χ1v) is 7.98. The molecule has 0 spiro atoms. The summed E-state index contributed by atoms with van der Waals surface area (Å²) in [5.74, 6) is -2.77. The maximum Gasteiger partial charge on any atom is 0.490 e. The number of carbonyl (C=O) groups excluding carboxylic acids is 1. The van der Waals surface area contributed by atoms with E-state index in [0.29, 0.717) is 24.0 Å². The van der Waals surface area contributed by atoms with Gasteiger partial charge in [0, 0.05) is 23.7 Å². The van der Waals surface area contributed by atoms with Crippen LogP contribution in [-0.4, -0.2) is 34.7 Å². The Balaban J connectivity index is 0.000000321. The number of H-pyrrole nitrogens is 1. The van der Waals surface area contributed by atoms with Gasteiger partial charge in [0.05, 0.1) is 0 Å². The number of rotatable bonds is 4. The van der Waals surface area contributed by atoms with Crippen molar-refractivity contribution in [1.29, 1.82) is 0 Å². The highest BCUT2D eigenvalue weighted by Crippen LogP contribution is 2.47. The molecule has 146 valence electrons. The summed E-state index contributed by atoms with van der Waals surface area (Å²) in [6.45, 7) is 0.563. The van der Waals surface area contributed by atoms with E-state index in [9.17, 15) is 22.8 Å². The van der Waals surface area contributed by atoms with Crippen LogP contribution in [0.2, 0.25) is 0 Å². The standard InChI is InChI=1S/C15H17N3O2.C2HF3O2/c16-9-15(4-5-15)8-13(19)18-11-1-2-12-10(7-11)3-6-17-14(12)20;3-2(4,5)1(6)7/h1-3,6-7H,4-5,8-9,16H2,(H,17,20)(H,18,19);(H,6,7). The number of carboxylic acid groups (broad SMARTS) is 1. The highest BCUT2D eigenvalue weighted by atomic mass is 19.4. The lowest BCUT2D eigenvalue weighted by atomic mass is 10.0. The normalized spacial score (nSPS) is 14.8. The number of halogens is 3. The van der Waals surface area contributed by atoms with Gasteiger partial charge in [-0.25, -0.2) is 4.79 Å². The van der Waals surface area contributed by atoms with Crippen LogP contribution >= 0.6 is 0 Å². The Hall–Kier alpha value is -2.88. The van der Waals surface area contributed by atoms with E-state index in [1.807, 2.05) is 12.1 Å². The van der Waals surface area contributed by atoms with E-state index in [0.717, 1.165) is 18.2 Å². The number of aromatic amines is 1. The largest absolute Gasteiger partial charge is 0.490 e. The molecule has 0 saturated heterocycles. The van der Waals surface area contributed by atoms with Crippen LogP contribution in [0, 0.1) is 5.41 Å². The summed E-state index contributed by atoms with van der Waals surface area (Å²) in [5, 5.41) is 11.4. The predicted molar refractivity (Wildman–Crippen MR) is 92.2 cm³/mol. The summed E-state index contributed by atoms with van der Waals surface area (Å²) in [4.78, 5) is 35.1. The van der Waals surface area contributed by atoms with Crippen LogP contribution < -0.4 is 16.6 Å². The maximum atomic E-state index is 12.0. The number of carbonyl (C=O) groups is 2. The lowest BCUT2D eigenvalue weighted by Gasteiger charge is -2.12. The van der Waals surface area contributed by atoms with E-state index in [1.165, 1.54) is 0 Å². The third-order valence-corrected chi connectivity index (χ3v) is 4.23. The number of fused-ring (bicyclic) bond motifs is 1. The first-order chi connectivity index (χ1) is 12.6.